The molecule has 4 rings (SSSR count). The van der Waals surface area contributed by atoms with E-state index in [1.54, 1.807) is 0 Å². The molecule has 0 saturated carbocycles. The van der Waals surface area contributed by atoms with Crippen LogP contribution >= 0.6 is 22.9 Å². The molecule has 2 aromatic carbocycles. The maximum absolute atomic E-state index is 15.1. The van der Waals surface area contributed by atoms with Gasteiger partial charge >= 0.3 is 6.09 Å². The smallest absolute Gasteiger partial charge is 0.427 e. The van der Waals surface area contributed by atoms with Gasteiger partial charge in [-0.25, -0.2) is 22.6 Å². The number of likely N-dealkylation sites (tertiary alicyclic amines) is 1. The number of halogens is 2. The third-order valence-corrected chi connectivity index (χ3v) is 8.09. The summed E-state index contributed by atoms with van der Waals surface area (Å²) in [6.07, 6.45) is 0.420. The highest BCUT2D eigenvalue weighted by molar-refractivity contribution is 7.93. The van der Waals surface area contributed by atoms with E-state index in [9.17, 15) is 18.3 Å². The summed E-state index contributed by atoms with van der Waals surface area (Å²) in [4.78, 5) is 16.9. The van der Waals surface area contributed by atoms with Crippen LogP contribution in [0.1, 0.15) is 24.4 Å². The summed E-state index contributed by atoms with van der Waals surface area (Å²) in [5, 5.41) is 13.9. The van der Waals surface area contributed by atoms with Crippen LogP contribution in [0.2, 0.25) is 5.02 Å². The van der Waals surface area contributed by atoms with Crippen LogP contribution in [-0.2, 0) is 10.0 Å². The molecule has 1 saturated heterocycles. The van der Waals surface area contributed by atoms with Gasteiger partial charge in [-0.05, 0) is 43.6 Å². The Bertz CT molecular complexity index is 1250. The predicted molar refractivity (Wildman–Crippen MR) is 130 cm³/mol. The first kappa shape index (κ1) is 24.4. The summed E-state index contributed by atoms with van der Waals surface area (Å²) in [6.45, 7) is 2.59. The summed E-state index contributed by atoms with van der Waals surface area (Å²) in [5.41, 5.74) is 2.46. The molecule has 34 heavy (non-hydrogen) atoms. The second kappa shape index (κ2) is 10.3. The number of hydrogen-bond donors (Lipinski definition) is 2. The lowest BCUT2D eigenvalue weighted by molar-refractivity contribution is 0.206. The van der Waals surface area contributed by atoms with E-state index in [0.717, 1.165) is 55.0 Å². The fourth-order valence-electron chi connectivity index (χ4n) is 3.90. The minimum atomic E-state index is -4.81. The number of benzene rings is 2. The van der Waals surface area contributed by atoms with Crippen LogP contribution in [0.5, 0.6) is 0 Å². The zero-order valence-corrected chi connectivity index (χ0v) is 20.3. The van der Waals surface area contributed by atoms with Gasteiger partial charge in [0.25, 0.3) is 10.0 Å². The number of amides is 1. The molecule has 3 aromatic rings. The Balaban J connectivity index is 1.66. The van der Waals surface area contributed by atoms with E-state index in [1.165, 1.54) is 10.9 Å². The number of nitrogens with one attached hydrogen (secondary N) is 1. The van der Waals surface area contributed by atoms with Gasteiger partial charge < -0.3 is 15.3 Å². The van der Waals surface area contributed by atoms with E-state index < -0.39 is 26.8 Å². The number of hydrogen-bond acceptors (Lipinski definition) is 7. The molecular formula is C22H22ClFN4O4S2. The molecule has 0 unspecified atom stereocenters. The molecule has 1 aliphatic rings. The number of carbonyl (C=O) groups is 1. The van der Waals surface area contributed by atoms with Gasteiger partial charge in [0.15, 0.2) is 5.82 Å². The number of carboxylic acid groups (broad SMARTS) is 1. The molecular weight excluding hydrogens is 503 g/mol. The van der Waals surface area contributed by atoms with E-state index in [4.69, 9.17) is 11.6 Å². The van der Waals surface area contributed by atoms with Crippen molar-refractivity contribution in [3.05, 3.63) is 69.8 Å². The fourth-order valence-corrected chi connectivity index (χ4v) is 6.08. The number of thiazole rings is 1. The van der Waals surface area contributed by atoms with Crippen LogP contribution in [0.4, 0.5) is 20.7 Å². The highest BCUT2D eigenvalue weighted by atomic mass is 35.5. The summed E-state index contributed by atoms with van der Waals surface area (Å²) in [6, 6.07) is 11.3. The van der Waals surface area contributed by atoms with Gasteiger partial charge in [0.2, 0.25) is 0 Å². The van der Waals surface area contributed by atoms with E-state index in [1.807, 2.05) is 30.3 Å². The highest BCUT2D eigenvalue weighted by Crippen LogP contribution is 2.34. The topological polar surface area (TPSA) is 103 Å². The molecule has 1 atom stereocenters. The Kier molecular flexibility index (Phi) is 7.36. The van der Waals surface area contributed by atoms with E-state index >= 15 is 4.39 Å². The van der Waals surface area contributed by atoms with Gasteiger partial charge in [-0.3, -0.25) is 0 Å². The zero-order chi connectivity index (χ0) is 24.3. The van der Waals surface area contributed by atoms with Crippen molar-refractivity contribution in [1.82, 2.24) is 9.88 Å². The lowest BCUT2D eigenvalue weighted by Crippen LogP contribution is -2.36. The third-order valence-electron chi connectivity index (χ3n) is 5.51. The quantitative estimate of drug-likeness (QED) is 0.424. The van der Waals surface area contributed by atoms with Gasteiger partial charge in [0, 0.05) is 11.9 Å². The fraction of sp³-hybridized carbons (Fsp3) is 0.273. The standard InChI is InChI=1S/C22H22ClFN4O4S2/c23-16-10-20(34(31,32)28(22(29)30)21-13-33-14-25-21)17(24)11-18(16)26-19(12-27-8-4-5-9-27)15-6-2-1-3-7-15/h1-3,6-7,10-11,13-14,19,26H,4-5,8-9,12H2,(H,29,30)/t19-/m1/s1. The van der Waals surface area contributed by atoms with E-state index in [-0.39, 0.29) is 26.9 Å². The van der Waals surface area contributed by atoms with Crippen molar-refractivity contribution in [3.8, 4) is 0 Å². The van der Waals surface area contributed by atoms with Crippen LogP contribution in [0.3, 0.4) is 0 Å². The van der Waals surface area contributed by atoms with Crippen molar-refractivity contribution < 1.29 is 22.7 Å². The first-order valence-electron chi connectivity index (χ1n) is 10.5. The van der Waals surface area contributed by atoms with Crippen LogP contribution in [0, 0.1) is 5.82 Å². The average Bonchev–Trinajstić information content (AvgIpc) is 3.50. The second-order valence-electron chi connectivity index (χ2n) is 7.78. The molecule has 0 aliphatic carbocycles. The molecule has 0 bridgehead atoms. The largest absolute Gasteiger partial charge is 0.464 e. The van der Waals surface area contributed by atoms with Gasteiger partial charge in [-0.2, -0.15) is 0 Å². The maximum Gasteiger partial charge on any atom is 0.427 e. The van der Waals surface area contributed by atoms with Gasteiger partial charge in [-0.15, -0.1) is 15.6 Å². The SMILES string of the molecule is O=C(O)N(c1cscn1)S(=O)(=O)c1cc(Cl)c(N[C@H](CN2CCCC2)c2ccccc2)cc1F. The molecule has 1 aliphatic heterocycles. The van der Waals surface area contributed by atoms with Gasteiger partial charge in [0.1, 0.15) is 10.7 Å². The van der Waals surface area contributed by atoms with Crippen molar-refractivity contribution in [1.29, 1.82) is 0 Å². The molecule has 0 radical (unpaired) electrons. The Morgan fingerprint density at radius 2 is 1.97 bits per heavy atom. The lowest BCUT2D eigenvalue weighted by Gasteiger charge is -2.26. The Labute approximate surface area is 205 Å². The minimum absolute atomic E-state index is 0.0332. The minimum Gasteiger partial charge on any atom is -0.464 e. The molecule has 180 valence electrons. The first-order chi connectivity index (χ1) is 16.3. The Morgan fingerprint density at radius 1 is 1.26 bits per heavy atom. The number of rotatable bonds is 8. The summed E-state index contributed by atoms with van der Waals surface area (Å²) in [5.74, 6) is -1.47. The van der Waals surface area contributed by atoms with Crippen molar-refractivity contribution in [2.75, 3.05) is 29.3 Å². The molecule has 0 spiro atoms. The van der Waals surface area contributed by atoms with Crippen molar-refractivity contribution >= 4 is 50.6 Å². The Morgan fingerprint density at radius 3 is 2.59 bits per heavy atom. The lowest BCUT2D eigenvalue weighted by atomic mass is 10.1. The monoisotopic (exact) mass is 524 g/mol. The zero-order valence-electron chi connectivity index (χ0n) is 17.9. The third kappa shape index (κ3) is 5.17. The number of anilines is 2. The van der Waals surface area contributed by atoms with Crippen LogP contribution in [0.25, 0.3) is 0 Å². The predicted octanol–water partition coefficient (Wildman–Crippen LogP) is 5.06. The van der Waals surface area contributed by atoms with Crippen LogP contribution in [-0.4, -0.2) is 49.1 Å². The summed E-state index contributed by atoms with van der Waals surface area (Å²) < 4.78 is 41.2. The molecule has 2 heterocycles. The summed E-state index contributed by atoms with van der Waals surface area (Å²) in [7, 11) is -4.81. The summed E-state index contributed by atoms with van der Waals surface area (Å²) >= 11 is 7.39. The van der Waals surface area contributed by atoms with Crippen molar-refractivity contribution in [2.45, 2.75) is 23.8 Å². The van der Waals surface area contributed by atoms with Crippen LogP contribution in [0.15, 0.2) is 58.3 Å². The number of sulfonamides is 1. The van der Waals surface area contributed by atoms with Crippen LogP contribution < -0.4 is 9.62 Å². The molecule has 2 N–H and O–H groups in total. The van der Waals surface area contributed by atoms with Gasteiger partial charge in [-0.1, -0.05) is 41.9 Å². The number of nitrogens with zero attached hydrogens (tertiary/aromatic N) is 3. The maximum atomic E-state index is 15.1. The van der Waals surface area contributed by atoms with E-state index in [2.05, 4.69) is 15.2 Å². The molecule has 1 amide bonds. The van der Waals surface area contributed by atoms with Crippen molar-refractivity contribution in [3.63, 3.8) is 0 Å². The first-order valence-corrected chi connectivity index (χ1v) is 13.2. The highest BCUT2D eigenvalue weighted by Gasteiger charge is 2.35. The average molecular weight is 525 g/mol. The van der Waals surface area contributed by atoms with Crippen molar-refractivity contribution in [2.24, 2.45) is 0 Å². The molecule has 8 nitrogen and oxygen atoms in total. The van der Waals surface area contributed by atoms with Gasteiger partial charge in [0.05, 0.1) is 22.3 Å². The Hall–Kier alpha value is -2.73. The molecule has 1 aromatic heterocycles. The second-order valence-corrected chi connectivity index (χ2v) is 10.7. The van der Waals surface area contributed by atoms with E-state index in [0.29, 0.717) is 6.54 Å². The normalized spacial score (nSPS) is 15.2. The molecule has 1 fully saturated rings. The number of aromatic nitrogens is 1. The molecule has 12 heteroatoms.